The van der Waals surface area contributed by atoms with Gasteiger partial charge in [0.2, 0.25) is 6.34 Å². The largest absolute Gasteiger partial charge is 0.225 e. The highest BCUT2D eigenvalue weighted by molar-refractivity contribution is 5.55. The zero-order valence-electron chi connectivity index (χ0n) is 4.47. The molecule has 0 aliphatic carbocycles. The SMILES string of the molecule is [N-]=[N+]=NN1C=NC=CN1. The van der Waals surface area contributed by atoms with Crippen LogP contribution in [0.15, 0.2) is 22.6 Å². The second-order valence-electron chi connectivity index (χ2n) is 1.23. The molecule has 6 nitrogen and oxygen atoms in total. The Morgan fingerprint density at radius 2 is 2.67 bits per heavy atom. The molecule has 1 aliphatic rings. The summed E-state index contributed by atoms with van der Waals surface area (Å²) in [6.07, 6.45) is 4.46. The van der Waals surface area contributed by atoms with E-state index >= 15 is 0 Å². The Bertz CT molecular complexity index is 186. The minimum absolute atomic E-state index is 1.15. The molecule has 0 fully saturated rings. The van der Waals surface area contributed by atoms with Gasteiger partial charge in [0.1, 0.15) is 0 Å². The number of azide groups is 1. The lowest BCUT2D eigenvalue weighted by Gasteiger charge is -2.06. The summed E-state index contributed by atoms with van der Waals surface area (Å²) in [5.74, 6) is 0. The van der Waals surface area contributed by atoms with Crippen LogP contribution in [0, 0.1) is 0 Å². The van der Waals surface area contributed by atoms with E-state index in [9.17, 15) is 0 Å². The Balaban J connectivity index is 2.55. The van der Waals surface area contributed by atoms with E-state index in [2.05, 4.69) is 20.6 Å². The second kappa shape index (κ2) is 2.58. The van der Waals surface area contributed by atoms with Gasteiger partial charge < -0.3 is 0 Å². The molecule has 0 aromatic rings. The standard InChI is InChI=1S/C3H4N6/c4-7-8-9-3-5-1-2-6-9/h1-3,6H. The first-order chi connectivity index (χ1) is 4.43. The lowest BCUT2D eigenvalue weighted by atomic mass is 10.9. The highest BCUT2D eigenvalue weighted by atomic mass is 15.7. The molecule has 1 heterocycles. The molecule has 0 radical (unpaired) electrons. The number of hydrazine groups is 1. The quantitative estimate of drug-likeness (QED) is 0.314. The summed E-state index contributed by atoms with van der Waals surface area (Å²) >= 11 is 0. The predicted octanol–water partition coefficient (Wildman–Crippen LogP) is 0.531. The number of rotatable bonds is 1. The van der Waals surface area contributed by atoms with Crippen LogP contribution in [-0.2, 0) is 0 Å². The van der Waals surface area contributed by atoms with E-state index in [-0.39, 0.29) is 0 Å². The lowest BCUT2D eigenvalue weighted by molar-refractivity contribution is 0.378. The topological polar surface area (TPSA) is 76.4 Å². The van der Waals surface area contributed by atoms with Crippen molar-refractivity contribution in [3.63, 3.8) is 0 Å². The maximum atomic E-state index is 7.91. The first-order valence-corrected chi connectivity index (χ1v) is 2.22. The van der Waals surface area contributed by atoms with Crippen molar-refractivity contribution in [3.8, 4) is 0 Å². The van der Waals surface area contributed by atoms with Crippen LogP contribution in [0.1, 0.15) is 0 Å². The summed E-state index contributed by atoms with van der Waals surface area (Å²) < 4.78 is 0. The van der Waals surface area contributed by atoms with E-state index in [1.807, 2.05) is 0 Å². The number of aliphatic imine (C=N–C) groups is 1. The van der Waals surface area contributed by atoms with E-state index in [1.54, 1.807) is 12.4 Å². The molecule has 6 heteroatoms. The fourth-order valence-corrected chi connectivity index (χ4v) is 0.380. The summed E-state index contributed by atoms with van der Waals surface area (Å²) in [6.45, 7) is 0. The Morgan fingerprint density at radius 1 is 1.78 bits per heavy atom. The fourth-order valence-electron chi connectivity index (χ4n) is 0.380. The Labute approximate surface area is 51.1 Å². The van der Waals surface area contributed by atoms with E-state index in [1.165, 1.54) is 6.34 Å². The first-order valence-electron chi connectivity index (χ1n) is 2.22. The van der Waals surface area contributed by atoms with Gasteiger partial charge in [-0.3, -0.25) is 0 Å². The van der Waals surface area contributed by atoms with Gasteiger partial charge in [0.25, 0.3) is 0 Å². The van der Waals surface area contributed by atoms with Crippen LogP contribution >= 0.6 is 0 Å². The average molecular weight is 124 g/mol. The Kier molecular flexibility index (Phi) is 1.57. The highest BCUT2D eigenvalue weighted by Crippen LogP contribution is 1.85. The molecule has 1 aliphatic heterocycles. The van der Waals surface area contributed by atoms with Crippen molar-refractivity contribution in [2.75, 3.05) is 0 Å². The molecule has 0 saturated carbocycles. The summed E-state index contributed by atoms with van der Waals surface area (Å²) in [5.41, 5.74) is 10.5. The Morgan fingerprint density at radius 3 is 3.22 bits per heavy atom. The van der Waals surface area contributed by atoms with Crippen molar-refractivity contribution in [1.29, 1.82) is 0 Å². The van der Waals surface area contributed by atoms with E-state index in [0.29, 0.717) is 0 Å². The van der Waals surface area contributed by atoms with Gasteiger partial charge in [-0.2, -0.15) is 4.91 Å². The normalized spacial score (nSPS) is 14.4. The van der Waals surface area contributed by atoms with Gasteiger partial charge in [0.15, 0.2) is 0 Å². The van der Waals surface area contributed by atoms with Crippen molar-refractivity contribution in [3.05, 3.63) is 22.8 Å². The van der Waals surface area contributed by atoms with Gasteiger partial charge in [0, 0.05) is 5.22 Å². The molecule has 0 aromatic carbocycles. The fraction of sp³-hybridized carbons (Fsp3) is 0. The summed E-state index contributed by atoms with van der Waals surface area (Å²) in [6, 6.07) is 0. The van der Waals surface area contributed by atoms with Gasteiger partial charge >= 0.3 is 0 Å². The average Bonchev–Trinajstić information content (AvgIpc) is 1.91. The molecule has 0 bridgehead atoms. The molecule has 46 valence electrons. The van der Waals surface area contributed by atoms with Crippen LogP contribution in [0.4, 0.5) is 0 Å². The van der Waals surface area contributed by atoms with Crippen LogP contribution in [-0.4, -0.2) is 11.5 Å². The molecule has 0 spiro atoms. The molecule has 0 aromatic heterocycles. The lowest BCUT2D eigenvalue weighted by Crippen LogP contribution is -2.28. The zero-order chi connectivity index (χ0) is 6.53. The van der Waals surface area contributed by atoms with Crippen LogP contribution in [0.2, 0.25) is 0 Å². The number of nitrogens with one attached hydrogen (secondary N) is 1. The summed E-state index contributed by atoms with van der Waals surface area (Å²) in [5, 5.41) is 4.34. The van der Waals surface area contributed by atoms with E-state index < -0.39 is 0 Å². The van der Waals surface area contributed by atoms with Crippen LogP contribution in [0.25, 0.3) is 10.4 Å². The van der Waals surface area contributed by atoms with Gasteiger partial charge in [-0.05, 0) is 0 Å². The molecule has 0 amide bonds. The zero-order valence-corrected chi connectivity index (χ0v) is 4.47. The molecular weight excluding hydrogens is 120 g/mol. The molecule has 0 saturated heterocycles. The maximum Gasteiger partial charge on any atom is 0.212 e. The molecular formula is C3H4N6. The molecule has 0 atom stereocenters. The van der Waals surface area contributed by atoms with Crippen molar-refractivity contribution in [2.45, 2.75) is 0 Å². The predicted molar refractivity (Wildman–Crippen MR) is 31.8 cm³/mol. The maximum absolute atomic E-state index is 7.91. The van der Waals surface area contributed by atoms with Crippen molar-refractivity contribution < 1.29 is 0 Å². The molecule has 0 unspecified atom stereocenters. The van der Waals surface area contributed by atoms with Crippen LogP contribution in [0.3, 0.4) is 0 Å². The van der Waals surface area contributed by atoms with Crippen molar-refractivity contribution >= 4 is 6.34 Å². The second-order valence-corrected chi connectivity index (χ2v) is 1.23. The minimum Gasteiger partial charge on any atom is -0.225 e. The minimum atomic E-state index is 1.15. The smallest absolute Gasteiger partial charge is 0.212 e. The third kappa shape index (κ3) is 1.36. The van der Waals surface area contributed by atoms with Crippen molar-refractivity contribution in [2.24, 2.45) is 10.2 Å². The van der Waals surface area contributed by atoms with Gasteiger partial charge in [-0.25, -0.2) is 10.4 Å². The first kappa shape index (κ1) is 5.46. The van der Waals surface area contributed by atoms with E-state index in [4.69, 9.17) is 5.53 Å². The summed E-state index contributed by atoms with van der Waals surface area (Å²) in [4.78, 5) is 6.19. The van der Waals surface area contributed by atoms with E-state index in [0.717, 1.165) is 5.12 Å². The van der Waals surface area contributed by atoms with Gasteiger partial charge in [-0.1, -0.05) is 5.12 Å². The number of nitrogens with zero attached hydrogens (tertiary/aromatic N) is 5. The third-order valence-electron chi connectivity index (χ3n) is 0.680. The van der Waals surface area contributed by atoms with Gasteiger partial charge in [0.05, 0.1) is 12.4 Å². The highest BCUT2D eigenvalue weighted by Gasteiger charge is 1.96. The molecule has 1 rings (SSSR count). The molecule has 1 N–H and O–H groups in total. The van der Waals surface area contributed by atoms with Gasteiger partial charge in [-0.15, -0.1) is 5.53 Å². The third-order valence-corrected chi connectivity index (χ3v) is 0.680. The van der Waals surface area contributed by atoms with Crippen molar-refractivity contribution in [1.82, 2.24) is 10.5 Å². The monoisotopic (exact) mass is 124 g/mol. The molecule has 9 heavy (non-hydrogen) atoms. The summed E-state index contributed by atoms with van der Waals surface area (Å²) in [7, 11) is 0. The number of hydrogen-bond donors (Lipinski definition) is 1. The number of hydrogen-bond acceptors (Lipinski definition) is 3. The van der Waals surface area contributed by atoms with Crippen LogP contribution < -0.4 is 5.43 Å². The Hall–Kier alpha value is -1.68. The van der Waals surface area contributed by atoms with Crippen LogP contribution in [0.5, 0.6) is 0 Å².